The molecule has 4 heteroatoms. The zero-order valence-electron chi connectivity index (χ0n) is 20.2. The Morgan fingerprint density at radius 3 is 2.09 bits per heavy atom. The first kappa shape index (κ1) is 22.2. The van der Waals surface area contributed by atoms with E-state index in [2.05, 4.69) is 0 Å². The zero-order valence-corrected chi connectivity index (χ0v) is 20.2. The number of ether oxygens (including phenoxy) is 3. The molecule has 4 fully saturated rings. The SMILES string of the molecule is COc1ccc(C(=O)Oc2ccc(OCc3ccccc3)cc2)cc1C12CC3CC(CC(C3)C1)C2. The van der Waals surface area contributed by atoms with Crippen molar-refractivity contribution >= 4 is 5.97 Å². The highest BCUT2D eigenvalue weighted by molar-refractivity contribution is 5.91. The predicted molar refractivity (Wildman–Crippen MR) is 135 cm³/mol. The van der Waals surface area contributed by atoms with Crippen molar-refractivity contribution in [1.82, 2.24) is 0 Å². The lowest BCUT2D eigenvalue weighted by molar-refractivity contribution is -0.00618. The van der Waals surface area contributed by atoms with Gasteiger partial charge < -0.3 is 14.2 Å². The summed E-state index contributed by atoms with van der Waals surface area (Å²) >= 11 is 0. The molecule has 3 aromatic carbocycles. The average Bonchev–Trinajstić information content (AvgIpc) is 2.88. The number of benzene rings is 3. The van der Waals surface area contributed by atoms with E-state index in [9.17, 15) is 4.79 Å². The molecule has 7 rings (SSSR count). The van der Waals surface area contributed by atoms with Gasteiger partial charge in [-0.1, -0.05) is 30.3 Å². The van der Waals surface area contributed by atoms with Crippen molar-refractivity contribution in [2.75, 3.05) is 7.11 Å². The minimum atomic E-state index is -0.336. The van der Waals surface area contributed by atoms with E-state index in [0.29, 0.717) is 17.9 Å². The molecule has 0 amide bonds. The predicted octanol–water partition coefficient (Wildman–Crippen LogP) is 6.96. The van der Waals surface area contributed by atoms with Crippen LogP contribution in [0.15, 0.2) is 72.8 Å². The van der Waals surface area contributed by atoms with Crippen LogP contribution in [0.4, 0.5) is 0 Å². The summed E-state index contributed by atoms with van der Waals surface area (Å²) in [5.41, 5.74) is 3.05. The van der Waals surface area contributed by atoms with Crippen molar-refractivity contribution < 1.29 is 19.0 Å². The van der Waals surface area contributed by atoms with Gasteiger partial charge in [0.2, 0.25) is 0 Å². The van der Waals surface area contributed by atoms with Crippen LogP contribution in [0.1, 0.15) is 60.0 Å². The van der Waals surface area contributed by atoms with Gasteiger partial charge in [0.05, 0.1) is 12.7 Å². The molecule has 0 unspecified atom stereocenters. The standard InChI is InChI=1S/C31H32O4/c1-33-29-12-7-25(16-28(29)31-17-22-13-23(18-31)15-24(14-22)19-31)30(32)35-27-10-8-26(9-11-27)34-20-21-5-3-2-4-6-21/h2-12,16,22-24H,13-15,17-20H2,1H3. The van der Waals surface area contributed by atoms with Gasteiger partial charge in [-0.05, 0) is 110 Å². The Balaban J connectivity index is 1.17. The van der Waals surface area contributed by atoms with Crippen LogP contribution < -0.4 is 14.2 Å². The van der Waals surface area contributed by atoms with Gasteiger partial charge in [0.25, 0.3) is 0 Å². The first-order valence-corrected chi connectivity index (χ1v) is 12.8. The Bertz CT molecular complexity index is 1160. The second-order valence-electron chi connectivity index (χ2n) is 10.7. The molecule has 4 aliphatic carbocycles. The Labute approximate surface area is 207 Å². The normalized spacial score (nSPS) is 26.4. The third-order valence-corrected chi connectivity index (χ3v) is 8.33. The van der Waals surface area contributed by atoms with Crippen molar-refractivity contribution in [3.05, 3.63) is 89.5 Å². The molecule has 0 spiro atoms. The quantitative estimate of drug-likeness (QED) is 0.278. The van der Waals surface area contributed by atoms with Gasteiger partial charge in [-0.25, -0.2) is 4.79 Å². The maximum absolute atomic E-state index is 13.1. The van der Waals surface area contributed by atoms with E-state index in [1.807, 2.05) is 60.7 Å². The van der Waals surface area contributed by atoms with Crippen molar-refractivity contribution in [2.45, 2.75) is 50.5 Å². The van der Waals surface area contributed by atoms with E-state index in [1.165, 1.54) is 44.1 Å². The van der Waals surface area contributed by atoms with Gasteiger partial charge in [-0.15, -0.1) is 0 Å². The Morgan fingerprint density at radius 1 is 0.829 bits per heavy atom. The van der Waals surface area contributed by atoms with Crippen LogP contribution in [-0.4, -0.2) is 13.1 Å². The molecule has 0 heterocycles. The fourth-order valence-electron chi connectivity index (χ4n) is 7.20. The molecule has 3 aromatic rings. The van der Waals surface area contributed by atoms with Crippen LogP contribution in [-0.2, 0) is 12.0 Å². The fraction of sp³-hybridized carbons (Fsp3) is 0.387. The maximum atomic E-state index is 13.1. The summed E-state index contributed by atoms with van der Waals surface area (Å²) in [6, 6.07) is 23.1. The number of esters is 1. The van der Waals surface area contributed by atoms with Gasteiger partial charge in [-0.3, -0.25) is 0 Å². The second kappa shape index (κ2) is 9.07. The summed E-state index contributed by atoms with van der Waals surface area (Å²) in [4.78, 5) is 13.1. The van der Waals surface area contributed by atoms with Crippen LogP contribution in [0.2, 0.25) is 0 Å². The number of hydrogen-bond donors (Lipinski definition) is 0. The maximum Gasteiger partial charge on any atom is 0.343 e. The Morgan fingerprint density at radius 2 is 1.46 bits per heavy atom. The van der Waals surface area contributed by atoms with Crippen LogP contribution >= 0.6 is 0 Å². The molecule has 0 radical (unpaired) electrons. The smallest absolute Gasteiger partial charge is 0.343 e. The molecule has 0 aliphatic heterocycles. The largest absolute Gasteiger partial charge is 0.496 e. The van der Waals surface area contributed by atoms with Crippen molar-refractivity contribution in [2.24, 2.45) is 17.8 Å². The average molecular weight is 469 g/mol. The molecule has 4 saturated carbocycles. The molecule has 0 atom stereocenters. The Kier molecular flexibility index (Phi) is 5.75. The van der Waals surface area contributed by atoms with Crippen molar-refractivity contribution in [3.63, 3.8) is 0 Å². The first-order chi connectivity index (χ1) is 17.1. The number of hydrogen-bond acceptors (Lipinski definition) is 4. The second-order valence-corrected chi connectivity index (χ2v) is 10.7. The molecule has 4 bridgehead atoms. The molecule has 4 aliphatic rings. The summed E-state index contributed by atoms with van der Waals surface area (Å²) in [6.45, 7) is 0.499. The van der Waals surface area contributed by atoms with E-state index < -0.39 is 0 Å². The lowest BCUT2D eigenvalue weighted by Crippen LogP contribution is -2.48. The van der Waals surface area contributed by atoms with Gasteiger partial charge in [-0.2, -0.15) is 0 Å². The summed E-state index contributed by atoms with van der Waals surface area (Å²) < 4.78 is 17.4. The lowest BCUT2D eigenvalue weighted by atomic mass is 9.48. The summed E-state index contributed by atoms with van der Waals surface area (Å²) in [5.74, 6) is 4.29. The van der Waals surface area contributed by atoms with Crippen LogP contribution in [0.5, 0.6) is 17.2 Å². The molecule has 0 N–H and O–H groups in total. The molecule has 35 heavy (non-hydrogen) atoms. The minimum Gasteiger partial charge on any atom is -0.496 e. The molecule has 4 nitrogen and oxygen atoms in total. The molecular formula is C31H32O4. The molecule has 0 saturated heterocycles. The van der Waals surface area contributed by atoms with E-state index in [-0.39, 0.29) is 11.4 Å². The van der Waals surface area contributed by atoms with Gasteiger partial charge in [0, 0.05) is 5.56 Å². The van der Waals surface area contributed by atoms with Crippen molar-refractivity contribution in [1.29, 1.82) is 0 Å². The van der Waals surface area contributed by atoms with Gasteiger partial charge >= 0.3 is 5.97 Å². The highest BCUT2D eigenvalue weighted by atomic mass is 16.5. The number of methoxy groups -OCH3 is 1. The molecule has 180 valence electrons. The first-order valence-electron chi connectivity index (χ1n) is 12.8. The third kappa shape index (κ3) is 4.42. The number of carbonyl (C=O) groups excluding carboxylic acids is 1. The van der Waals surface area contributed by atoms with Gasteiger partial charge in [0.1, 0.15) is 23.9 Å². The number of carbonyl (C=O) groups is 1. The zero-order chi connectivity index (χ0) is 23.8. The molecule has 0 aromatic heterocycles. The molecular weight excluding hydrogens is 436 g/mol. The van der Waals surface area contributed by atoms with Crippen LogP contribution in [0, 0.1) is 17.8 Å². The Hall–Kier alpha value is -3.27. The highest BCUT2D eigenvalue weighted by Crippen LogP contribution is 2.61. The van der Waals surface area contributed by atoms with E-state index in [0.717, 1.165) is 34.8 Å². The minimum absolute atomic E-state index is 0.147. The number of rotatable bonds is 7. The van der Waals surface area contributed by atoms with Crippen LogP contribution in [0.3, 0.4) is 0 Å². The lowest BCUT2D eigenvalue weighted by Gasteiger charge is -2.57. The summed E-state index contributed by atoms with van der Waals surface area (Å²) in [6.07, 6.45) is 7.81. The van der Waals surface area contributed by atoms with Crippen molar-refractivity contribution in [3.8, 4) is 17.2 Å². The van der Waals surface area contributed by atoms with Crippen LogP contribution in [0.25, 0.3) is 0 Å². The highest BCUT2D eigenvalue weighted by Gasteiger charge is 2.52. The van der Waals surface area contributed by atoms with E-state index >= 15 is 0 Å². The van der Waals surface area contributed by atoms with Gasteiger partial charge in [0.15, 0.2) is 0 Å². The fourth-order valence-corrected chi connectivity index (χ4v) is 7.20. The summed E-state index contributed by atoms with van der Waals surface area (Å²) in [5, 5.41) is 0. The van der Waals surface area contributed by atoms with E-state index in [1.54, 1.807) is 19.2 Å². The summed E-state index contributed by atoms with van der Waals surface area (Å²) in [7, 11) is 1.73. The third-order valence-electron chi connectivity index (χ3n) is 8.33. The monoisotopic (exact) mass is 468 g/mol. The topological polar surface area (TPSA) is 44.8 Å². The van der Waals surface area contributed by atoms with E-state index in [4.69, 9.17) is 14.2 Å².